The molecule has 2 aromatic heterocycles. The fourth-order valence-electron chi connectivity index (χ4n) is 3.32. The number of hydrogen-bond acceptors (Lipinski definition) is 5. The topological polar surface area (TPSA) is 86.9 Å². The number of imidazole rings is 1. The molecule has 2 aromatic carbocycles. The van der Waals surface area contributed by atoms with Crippen LogP contribution in [0.3, 0.4) is 0 Å². The number of rotatable bonds is 7. The van der Waals surface area contributed by atoms with Gasteiger partial charge in [0.05, 0.1) is 13.7 Å². The van der Waals surface area contributed by atoms with Gasteiger partial charge in [-0.25, -0.2) is 14.6 Å². The van der Waals surface area contributed by atoms with Crippen LogP contribution >= 0.6 is 0 Å². The molecular formula is C22H22N6O2. The van der Waals surface area contributed by atoms with Crippen molar-refractivity contribution in [1.29, 1.82) is 0 Å². The predicted molar refractivity (Wildman–Crippen MR) is 111 cm³/mol. The molecule has 152 valence electrons. The van der Waals surface area contributed by atoms with E-state index in [-0.39, 0.29) is 5.91 Å². The third-order valence-corrected chi connectivity index (χ3v) is 4.87. The minimum atomic E-state index is -0.455. The van der Waals surface area contributed by atoms with Crippen molar-refractivity contribution in [3.8, 4) is 5.75 Å². The molecule has 1 unspecified atom stereocenters. The number of methoxy groups -OCH3 is 1. The molecule has 0 radical (unpaired) electrons. The highest BCUT2D eigenvalue weighted by Crippen LogP contribution is 2.29. The van der Waals surface area contributed by atoms with Crippen LogP contribution in [0.5, 0.6) is 5.75 Å². The second-order valence-electron chi connectivity index (χ2n) is 6.83. The first-order chi connectivity index (χ1) is 14.7. The second-order valence-corrected chi connectivity index (χ2v) is 6.83. The Hall–Kier alpha value is -3.94. The van der Waals surface area contributed by atoms with Gasteiger partial charge in [0.15, 0.2) is 0 Å². The summed E-state index contributed by atoms with van der Waals surface area (Å²) in [6.07, 6.45) is 6.72. The zero-order chi connectivity index (χ0) is 20.9. The average Bonchev–Trinajstić information content (AvgIpc) is 3.44. The number of nitrogens with one attached hydrogen (secondary N) is 1. The normalized spacial score (nSPS) is 11.8. The Labute approximate surface area is 174 Å². The van der Waals surface area contributed by atoms with E-state index in [4.69, 9.17) is 4.74 Å². The second kappa shape index (κ2) is 8.60. The Morgan fingerprint density at radius 1 is 1.17 bits per heavy atom. The quantitative estimate of drug-likeness (QED) is 0.513. The van der Waals surface area contributed by atoms with E-state index in [2.05, 4.69) is 20.4 Å². The van der Waals surface area contributed by atoms with Gasteiger partial charge in [-0.3, -0.25) is 4.79 Å². The summed E-state index contributed by atoms with van der Waals surface area (Å²) in [5, 5.41) is 7.20. The van der Waals surface area contributed by atoms with Crippen LogP contribution in [-0.2, 0) is 13.6 Å². The van der Waals surface area contributed by atoms with Gasteiger partial charge in [-0.15, -0.1) is 0 Å². The van der Waals surface area contributed by atoms with E-state index in [0.717, 1.165) is 17.0 Å². The summed E-state index contributed by atoms with van der Waals surface area (Å²) in [5.74, 6) is 1.21. The lowest BCUT2D eigenvalue weighted by atomic mass is 10.0. The first kappa shape index (κ1) is 19.4. The average molecular weight is 402 g/mol. The summed E-state index contributed by atoms with van der Waals surface area (Å²) in [7, 11) is 3.51. The van der Waals surface area contributed by atoms with Crippen LogP contribution < -0.4 is 10.1 Å². The first-order valence-corrected chi connectivity index (χ1v) is 9.48. The van der Waals surface area contributed by atoms with Crippen LogP contribution in [0.25, 0.3) is 0 Å². The van der Waals surface area contributed by atoms with E-state index in [0.29, 0.717) is 17.9 Å². The number of aryl methyl sites for hydroxylation is 1. The van der Waals surface area contributed by atoms with Gasteiger partial charge in [0.1, 0.15) is 30.3 Å². The Kier molecular flexibility index (Phi) is 5.56. The maximum Gasteiger partial charge on any atom is 0.252 e. The minimum absolute atomic E-state index is 0.193. The number of benzene rings is 2. The molecule has 8 nitrogen and oxygen atoms in total. The highest BCUT2D eigenvalue weighted by atomic mass is 16.5. The van der Waals surface area contributed by atoms with Gasteiger partial charge in [-0.2, -0.15) is 5.10 Å². The van der Waals surface area contributed by atoms with Crippen molar-refractivity contribution in [2.75, 3.05) is 7.11 Å². The van der Waals surface area contributed by atoms with Gasteiger partial charge >= 0.3 is 0 Å². The van der Waals surface area contributed by atoms with Crippen LogP contribution in [0.15, 0.2) is 73.6 Å². The fraction of sp³-hybridized carbons (Fsp3) is 0.182. The van der Waals surface area contributed by atoms with Crippen molar-refractivity contribution in [3.05, 3.63) is 96.1 Å². The van der Waals surface area contributed by atoms with Gasteiger partial charge < -0.3 is 14.6 Å². The molecule has 1 N–H and O–H groups in total. The maximum atomic E-state index is 13.0. The van der Waals surface area contributed by atoms with Crippen molar-refractivity contribution in [2.24, 2.45) is 7.05 Å². The number of ether oxygens (including phenoxy) is 1. The fourth-order valence-corrected chi connectivity index (χ4v) is 3.32. The van der Waals surface area contributed by atoms with E-state index in [1.54, 1.807) is 36.4 Å². The lowest BCUT2D eigenvalue weighted by molar-refractivity contribution is 0.0941. The van der Waals surface area contributed by atoms with E-state index >= 15 is 0 Å². The molecule has 0 aliphatic carbocycles. The number of nitrogens with zero attached hydrogens (tertiary/aromatic N) is 5. The van der Waals surface area contributed by atoms with Gasteiger partial charge in [0, 0.05) is 30.6 Å². The highest BCUT2D eigenvalue weighted by molar-refractivity contribution is 5.94. The lowest BCUT2D eigenvalue weighted by Gasteiger charge is -2.21. The summed E-state index contributed by atoms with van der Waals surface area (Å²) < 4.78 is 9.13. The molecule has 0 bridgehead atoms. The van der Waals surface area contributed by atoms with Crippen LogP contribution in [0.2, 0.25) is 0 Å². The molecule has 0 fully saturated rings. The summed E-state index contributed by atoms with van der Waals surface area (Å²) in [6.45, 7) is 0.596. The Balaban J connectivity index is 1.58. The van der Waals surface area contributed by atoms with E-state index in [1.807, 2.05) is 54.2 Å². The first-order valence-electron chi connectivity index (χ1n) is 9.48. The zero-order valence-electron chi connectivity index (χ0n) is 16.8. The largest absolute Gasteiger partial charge is 0.496 e. The molecule has 1 atom stereocenters. The molecule has 1 amide bonds. The lowest BCUT2D eigenvalue weighted by Crippen LogP contribution is -2.31. The molecular weight excluding hydrogens is 380 g/mol. The molecule has 0 aliphatic heterocycles. The SMILES string of the molecule is COc1ccccc1C(NC(=O)c1ccc(Cn2cncn2)cc1)c1nccn1C. The smallest absolute Gasteiger partial charge is 0.252 e. The van der Waals surface area contributed by atoms with Gasteiger partial charge in [-0.1, -0.05) is 30.3 Å². The zero-order valence-corrected chi connectivity index (χ0v) is 16.8. The maximum absolute atomic E-state index is 13.0. The van der Waals surface area contributed by atoms with Gasteiger partial charge in [-0.05, 0) is 23.8 Å². The monoisotopic (exact) mass is 402 g/mol. The summed E-state index contributed by atoms with van der Waals surface area (Å²) in [6, 6.07) is 14.6. The number of amides is 1. The molecule has 0 saturated carbocycles. The third kappa shape index (κ3) is 4.07. The predicted octanol–water partition coefficient (Wildman–Crippen LogP) is 2.59. The molecule has 30 heavy (non-hydrogen) atoms. The molecule has 4 rings (SSSR count). The Morgan fingerprint density at radius 2 is 1.97 bits per heavy atom. The number of carbonyl (C=O) groups is 1. The van der Waals surface area contributed by atoms with E-state index in [1.165, 1.54) is 6.33 Å². The van der Waals surface area contributed by atoms with Crippen LogP contribution in [0, 0.1) is 0 Å². The summed E-state index contributed by atoms with van der Waals surface area (Å²) >= 11 is 0. The van der Waals surface area contributed by atoms with Crippen molar-refractivity contribution in [3.63, 3.8) is 0 Å². The van der Waals surface area contributed by atoms with Crippen molar-refractivity contribution >= 4 is 5.91 Å². The summed E-state index contributed by atoms with van der Waals surface area (Å²) in [5.41, 5.74) is 2.43. The molecule has 4 aromatic rings. The number of carbonyl (C=O) groups excluding carboxylic acids is 1. The van der Waals surface area contributed by atoms with Crippen LogP contribution in [-0.4, -0.2) is 37.3 Å². The molecule has 0 spiro atoms. The van der Waals surface area contributed by atoms with E-state index < -0.39 is 6.04 Å². The summed E-state index contributed by atoms with van der Waals surface area (Å²) in [4.78, 5) is 21.4. The number of hydrogen-bond donors (Lipinski definition) is 1. The number of para-hydroxylation sites is 1. The molecule has 8 heteroatoms. The van der Waals surface area contributed by atoms with Crippen molar-refractivity contribution in [2.45, 2.75) is 12.6 Å². The Bertz CT molecular complexity index is 1120. The van der Waals surface area contributed by atoms with Gasteiger partial charge in [0.25, 0.3) is 5.91 Å². The van der Waals surface area contributed by atoms with Crippen molar-refractivity contribution < 1.29 is 9.53 Å². The van der Waals surface area contributed by atoms with Crippen LogP contribution in [0.4, 0.5) is 0 Å². The molecule has 0 aliphatic rings. The standard InChI is InChI=1S/C22H22N6O2/c1-27-12-11-24-21(27)20(18-5-3-4-6-19(18)30-2)26-22(29)17-9-7-16(8-10-17)13-28-15-23-14-25-28/h3-12,14-15,20H,13H2,1-2H3,(H,26,29). The third-order valence-electron chi connectivity index (χ3n) is 4.87. The minimum Gasteiger partial charge on any atom is -0.496 e. The number of aromatic nitrogens is 5. The van der Waals surface area contributed by atoms with Gasteiger partial charge in [0.2, 0.25) is 0 Å². The van der Waals surface area contributed by atoms with Crippen molar-refractivity contribution in [1.82, 2.24) is 29.6 Å². The van der Waals surface area contributed by atoms with Crippen LogP contribution in [0.1, 0.15) is 33.4 Å². The molecule has 2 heterocycles. The molecule has 0 saturated heterocycles. The highest BCUT2D eigenvalue weighted by Gasteiger charge is 2.24. The Morgan fingerprint density at radius 3 is 2.63 bits per heavy atom. The van der Waals surface area contributed by atoms with E-state index in [9.17, 15) is 4.79 Å².